The van der Waals surface area contributed by atoms with Crippen molar-refractivity contribution < 1.29 is 4.74 Å². The molecule has 0 spiro atoms. The van der Waals surface area contributed by atoms with Crippen LogP contribution in [0.25, 0.3) is 0 Å². The van der Waals surface area contributed by atoms with E-state index in [4.69, 9.17) is 4.74 Å². The first-order valence-electron chi connectivity index (χ1n) is 7.56. The van der Waals surface area contributed by atoms with E-state index in [1.807, 2.05) is 12.1 Å². The average molecular weight is 271 g/mol. The summed E-state index contributed by atoms with van der Waals surface area (Å²) in [5.74, 6) is 2.22. The largest absolute Gasteiger partial charge is 0.381 e. The number of aromatic nitrogens is 1. The molecule has 1 aromatic rings. The third kappa shape index (κ3) is 2.78. The van der Waals surface area contributed by atoms with Gasteiger partial charge >= 0.3 is 0 Å². The van der Waals surface area contributed by atoms with Gasteiger partial charge in [0, 0.05) is 32.5 Å². The second-order valence-electron chi connectivity index (χ2n) is 5.81. The highest BCUT2D eigenvalue weighted by Gasteiger charge is 2.29. The number of pyridine rings is 1. The third-order valence-electron chi connectivity index (χ3n) is 4.55. The summed E-state index contributed by atoms with van der Waals surface area (Å²) < 4.78 is 5.55. The first-order valence-corrected chi connectivity index (χ1v) is 7.56. The Morgan fingerprint density at radius 2 is 2.25 bits per heavy atom. The van der Waals surface area contributed by atoms with Crippen LogP contribution in [0.15, 0.2) is 18.3 Å². The van der Waals surface area contributed by atoms with Crippen molar-refractivity contribution in [3.63, 3.8) is 0 Å². The van der Waals surface area contributed by atoms with Gasteiger partial charge in [0.1, 0.15) is 11.9 Å². The monoisotopic (exact) mass is 271 g/mol. The van der Waals surface area contributed by atoms with Crippen LogP contribution in [0.3, 0.4) is 0 Å². The number of nitriles is 1. The van der Waals surface area contributed by atoms with Gasteiger partial charge in [-0.05, 0) is 43.2 Å². The van der Waals surface area contributed by atoms with E-state index < -0.39 is 0 Å². The molecule has 0 radical (unpaired) electrons. The highest BCUT2D eigenvalue weighted by atomic mass is 16.5. The van der Waals surface area contributed by atoms with Gasteiger partial charge < -0.3 is 9.64 Å². The van der Waals surface area contributed by atoms with Crippen molar-refractivity contribution in [3.05, 3.63) is 23.9 Å². The van der Waals surface area contributed by atoms with Gasteiger partial charge in [-0.15, -0.1) is 0 Å². The van der Waals surface area contributed by atoms with Crippen molar-refractivity contribution in [2.24, 2.45) is 11.8 Å². The van der Waals surface area contributed by atoms with Crippen LogP contribution in [-0.4, -0.2) is 31.3 Å². The summed E-state index contributed by atoms with van der Waals surface area (Å²) in [6, 6.07) is 5.97. The van der Waals surface area contributed by atoms with Crippen molar-refractivity contribution >= 4 is 5.82 Å². The molecule has 2 saturated heterocycles. The van der Waals surface area contributed by atoms with Crippen molar-refractivity contribution in [1.29, 1.82) is 5.26 Å². The van der Waals surface area contributed by atoms with Gasteiger partial charge in [0.2, 0.25) is 0 Å². The molecule has 2 aliphatic heterocycles. The molecule has 106 valence electrons. The highest BCUT2D eigenvalue weighted by Crippen LogP contribution is 2.31. The molecule has 2 aliphatic rings. The van der Waals surface area contributed by atoms with E-state index in [0.29, 0.717) is 17.4 Å². The van der Waals surface area contributed by atoms with Crippen LogP contribution < -0.4 is 4.90 Å². The number of hydrogen-bond acceptors (Lipinski definition) is 4. The van der Waals surface area contributed by atoms with Gasteiger partial charge in [-0.3, -0.25) is 0 Å². The molecule has 3 heterocycles. The van der Waals surface area contributed by atoms with Crippen LogP contribution in [0, 0.1) is 23.2 Å². The van der Waals surface area contributed by atoms with Crippen LogP contribution >= 0.6 is 0 Å². The average Bonchev–Trinajstić information content (AvgIpc) is 2.92. The lowest BCUT2D eigenvalue weighted by Crippen LogP contribution is -2.33. The molecule has 4 nitrogen and oxygen atoms in total. The molecule has 2 fully saturated rings. The van der Waals surface area contributed by atoms with Crippen molar-refractivity contribution in [2.45, 2.75) is 25.7 Å². The third-order valence-corrected chi connectivity index (χ3v) is 4.55. The number of ether oxygens (including phenoxy) is 1. The van der Waals surface area contributed by atoms with Gasteiger partial charge in [-0.25, -0.2) is 4.98 Å². The molecule has 0 N–H and O–H groups in total. The van der Waals surface area contributed by atoms with Crippen molar-refractivity contribution in [3.8, 4) is 6.07 Å². The molecule has 0 aromatic carbocycles. The van der Waals surface area contributed by atoms with Crippen LogP contribution in [0.2, 0.25) is 0 Å². The van der Waals surface area contributed by atoms with Crippen LogP contribution in [-0.2, 0) is 4.74 Å². The zero-order chi connectivity index (χ0) is 13.8. The molecular weight excluding hydrogens is 250 g/mol. The Morgan fingerprint density at radius 3 is 3.05 bits per heavy atom. The predicted molar refractivity (Wildman–Crippen MR) is 77.4 cm³/mol. The molecule has 1 aromatic heterocycles. The fourth-order valence-corrected chi connectivity index (χ4v) is 3.41. The Morgan fingerprint density at radius 1 is 1.30 bits per heavy atom. The summed E-state index contributed by atoms with van der Waals surface area (Å²) in [6.45, 7) is 3.84. The summed E-state index contributed by atoms with van der Waals surface area (Å²) >= 11 is 0. The molecule has 0 aliphatic carbocycles. The minimum absolute atomic E-state index is 0.675. The maximum Gasteiger partial charge on any atom is 0.146 e. The second-order valence-corrected chi connectivity index (χ2v) is 5.81. The number of hydrogen-bond donors (Lipinski definition) is 0. The molecule has 0 bridgehead atoms. The summed E-state index contributed by atoms with van der Waals surface area (Å²) in [6.07, 6.45) is 6.71. The van der Waals surface area contributed by atoms with Gasteiger partial charge in [-0.1, -0.05) is 6.42 Å². The quantitative estimate of drug-likeness (QED) is 0.829. The van der Waals surface area contributed by atoms with E-state index >= 15 is 0 Å². The Labute approximate surface area is 120 Å². The molecule has 2 unspecified atom stereocenters. The van der Waals surface area contributed by atoms with E-state index in [2.05, 4.69) is 16.0 Å². The Kier molecular flexibility index (Phi) is 4.17. The maximum atomic E-state index is 9.26. The lowest BCUT2D eigenvalue weighted by atomic mass is 9.88. The first kappa shape index (κ1) is 13.4. The molecule has 0 saturated carbocycles. The van der Waals surface area contributed by atoms with Gasteiger partial charge in [0.05, 0.1) is 5.56 Å². The van der Waals surface area contributed by atoms with Gasteiger partial charge in [-0.2, -0.15) is 5.26 Å². The molecule has 4 heteroatoms. The van der Waals surface area contributed by atoms with E-state index in [0.717, 1.165) is 32.1 Å². The summed E-state index contributed by atoms with van der Waals surface area (Å²) in [7, 11) is 0. The Balaban J connectivity index is 1.79. The van der Waals surface area contributed by atoms with Crippen LogP contribution in [0.5, 0.6) is 0 Å². The van der Waals surface area contributed by atoms with E-state index in [1.54, 1.807) is 6.20 Å². The van der Waals surface area contributed by atoms with Gasteiger partial charge in [0.25, 0.3) is 0 Å². The SMILES string of the molecule is N#Cc1cccnc1N1CCCCC(C2CCOC2)C1. The minimum atomic E-state index is 0.675. The topological polar surface area (TPSA) is 49.2 Å². The Bertz CT molecular complexity index is 491. The molecule has 20 heavy (non-hydrogen) atoms. The van der Waals surface area contributed by atoms with E-state index in [9.17, 15) is 5.26 Å². The van der Waals surface area contributed by atoms with Crippen LogP contribution in [0.1, 0.15) is 31.2 Å². The maximum absolute atomic E-state index is 9.26. The lowest BCUT2D eigenvalue weighted by Gasteiger charge is -2.28. The highest BCUT2D eigenvalue weighted by molar-refractivity contribution is 5.53. The summed E-state index contributed by atoms with van der Waals surface area (Å²) in [5.41, 5.74) is 0.691. The predicted octanol–water partition coefficient (Wildman–Crippen LogP) is 2.60. The fraction of sp³-hybridized carbons (Fsp3) is 0.625. The normalized spacial score (nSPS) is 27.1. The second kappa shape index (κ2) is 6.23. The smallest absolute Gasteiger partial charge is 0.146 e. The number of nitrogens with zero attached hydrogens (tertiary/aromatic N) is 3. The standard InChI is InChI=1S/C16H21N3O/c17-10-13-5-3-7-18-16(13)19-8-2-1-4-14(11-19)15-6-9-20-12-15/h3,5,7,14-15H,1-2,4,6,8-9,11-12H2. The zero-order valence-electron chi connectivity index (χ0n) is 11.8. The molecule has 2 atom stereocenters. The van der Waals surface area contributed by atoms with E-state index in [-0.39, 0.29) is 0 Å². The van der Waals surface area contributed by atoms with Crippen molar-refractivity contribution in [2.75, 3.05) is 31.2 Å². The van der Waals surface area contributed by atoms with E-state index in [1.165, 1.54) is 25.7 Å². The zero-order valence-corrected chi connectivity index (χ0v) is 11.8. The van der Waals surface area contributed by atoms with Gasteiger partial charge in [0.15, 0.2) is 0 Å². The molecule has 0 amide bonds. The summed E-state index contributed by atoms with van der Waals surface area (Å²) in [4.78, 5) is 6.76. The van der Waals surface area contributed by atoms with Crippen LogP contribution in [0.4, 0.5) is 5.82 Å². The number of anilines is 1. The first-order chi connectivity index (χ1) is 9.88. The number of rotatable bonds is 2. The van der Waals surface area contributed by atoms with Crippen molar-refractivity contribution in [1.82, 2.24) is 4.98 Å². The lowest BCUT2D eigenvalue weighted by molar-refractivity contribution is 0.171. The Hall–Kier alpha value is -1.60. The fourth-order valence-electron chi connectivity index (χ4n) is 3.41. The molecule has 3 rings (SSSR count). The summed E-state index contributed by atoms with van der Waals surface area (Å²) in [5, 5.41) is 9.26. The minimum Gasteiger partial charge on any atom is -0.381 e. The molecular formula is C16H21N3O.